The third-order valence-corrected chi connectivity index (χ3v) is 3.72. The minimum absolute atomic E-state index is 0.00186. The molecule has 0 bridgehead atoms. The summed E-state index contributed by atoms with van der Waals surface area (Å²) in [6.45, 7) is 0. The zero-order chi connectivity index (χ0) is 15.4. The molecule has 4 rings (SSSR count). The van der Waals surface area contributed by atoms with E-state index < -0.39 is 23.6 Å². The molecule has 105 valence electrons. The lowest BCUT2D eigenvalue weighted by molar-refractivity contribution is 0.0872. The number of carbonyl (C=O) groups excluding carboxylic acids is 4. The summed E-state index contributed by atoms with van der Waals surface area (Å²) in [5, 5.41) is 3.36. The van der Waals surface area contributed by atoms with Crippen molar-refractivity contribution in [1.29, 1.82) is 0 Å². The monoisotopic (exact) mass is 291 g/mol. The van der Waals surface area contributed by atoms with Crippen LogP contribution in [0.4, 0.5) is 5.69 Å². The van der Waals surface area contributed by atoms with Gasteiger partial charge in [-0.1, -0.05) is 18.2 Å². The normalized spacial score (nSPS) is 15.9. The van der Waals surface area contributed by atoms with Crippen molar-refractivity contribution >= 4 is 29.3 Å². The second-order valence-electron chi connectivity index (χ2n) is 4.91. The third-order valence-electron chi connectivity index (χ3n) is 3.72. The molecule has 22 heavy (non-hydrogen) atoms. The van der Waals surface area contributed by atoms with E-state index in [-0.39, 0.29) is 27.9 Å². The molecule has 2 aliphatic heterocycles. The van der Waals surface area contributed by atoms with Crippen molar-refractivity contribution in [1.82, 2.24) is 5.32 Å². The summed E-state index contributed by atoms with van der Waals surface area (Å²) in [6, 6.07) is 10.9. The van der Waals surface area contributed by atoms with Gasteiger partial charge in [0.05, 0.1) is 27.9 Å². The van der Waals surface area contributed by atoms with Gasteiger partial charge < -0.3 is 0 Å². The lowest BCUT2D eigenvalue weighted by atomic mass is 10.1. The number of nitrogens with zero attached hydrogens (tertiary/aromatic N) is 2. The van der Waals surface area contributed by atoms with Crippen LogP contribution in [0.1, 0.15) is 41.4 Å². The van der Waals surface area contributed by atoms with E-state index in [0.29, 0.717) is 0 Å². The molecule has 0 spiro atoms. The lowest BCUT2D eigenvalue weighted by Crippen LogP contribution is -2.31. The highest BCUT2D eigenvalue weighted by atomic mass is 16.2. The van der Waals surface area contributed by atoms with Crippen LogP contribution in [0.3, 0.4) is 0 Å². The molecule has 2 aliphatic rings. The molecule has 6 nitrogen and oxygen atoms in total. The van der Waals surface area contributed by atoms with Gasteiger partial charge in [0.2, 0.25) is 0 Å². The van der Waals surface area contributed by atoms with Crippen LogP contribution < -0.4 is 10.2 Å². The van der Waals surface area contributed by atoms with E-state index in [2.05, 4.69) is 5.32 Å². The van der Waals surface area contributed by atoms with Crippen molar-refractivity contribution in [2.24, 2.45) is 0 Å². The SMILES string of the molecule is O=C1[N]C(=O)c2c1cccc2N1C(=O)c2ccccc2C1=O. The topological polar surface area (TPSA) is 85.6 Å². The molecule has 0 unspecified atom stereocenters. The van der Waals surface area contributed by atoms with Crippen molar-refractivity contribution in [3.05, 3.63) is 64.7 Å². The highest BCUT2D eigenvalue weighted by molar-refractivity contribution is 6.36. The molecule has 2 aromatic carbocycles. The van der Waals surface area contributed by atoms with Gasteiger partial charge in [-0.2, -0.15) is 5.32 Å². The first-order valence-corrected chi connectivity index (χ1v) is 6.51. The van der Waals surface area contributed by atoms with Crippen LogP contribution in [-0.2, 0) is 0 Å². The van der Waals surface area contributed by atoms with Gasteiger partial charge >= 0.3 is 0 Å². The maximum atomic E-state index is 12.5. The van der Waals surface area contributed by atoms with Gasteiger partial charge in [-0.25, -0.2) is 4.90 Å². The first-order chi connectivity index (χ1) is 10.6. The zero-order valence-corrected chi connectivity index (χ0v) is 11.1. The van der Waals surface area contributed by atoms with Crippen molar-refractivity contribution in [2.75, 3.05) is 4.90 Å². The number of benzene rings is 2. The van der Waals surface area contributed by atoms with Gasteiger partial charge in [0.1, 0.15) is 0 Å². The fraction of sp³-hybridized carbons (Fsp3) is 0. The maximum Gasteiger partial charge on any atom is 0.283 e. The number of amides is 4. The molecule has 0 fully saturated rings. The van der Waals surface area contributed by atoms with Crippen LogP contribution in [-0.4, -0.2) is 23.6 Å². The fourth-order valence-corrected chi connectivity index (χ4v) is 2.75. The van der Waals surface area contributed by atoms with E-state index in [4.69, 9.17) is 0 Å². The van der Waals surface area contributed by atoms with Gasteiger partial charge in [-0.15, -0.1) is 0 Å². The Bertz CT molecular complexity index is 866. The fourth-order valence-electron chi connectivity index (χ4n) is 2.75. The van der Waals surface area contributed by atoms with Crippen LogP contribution in [0, 0.1) is 0 Å². The standard InChI is InChI=1S/C16H7N2O4/c19-13-10-6-3-7-11(12(10)14(20)17-13)18-15(21)8-4-1-2-5-9(8)16(18)22/h1-7H. The van der Waals surface area contributed by atoms with E-state index >= 15 is 0 Å². The van der Waals surface area contributed by atoms with E-state index in [1.165, 1.54) is 18.2 Å². The summed E-state index contributed by atoms with van der Waals surface area (Å²) >= 11 is 0. The predicted molar refractivity (Wildman–Crippen MR) is 74.8 cm³/mol. The second kappa shape index (κ2) is 4.11. The number of carbonyl (C=O) groups is 4. The molecular formula is C16H7N2O4. The Hall–Kier alpha value is -3.28. The summed E-state index contributed by atoms with van der Waals surface area (Å²) in [4.78, 5) is 49.4. The van der Waals surface area contributed by atoms with Crippen LogP contribution in [0.5, 0.6) is 0 Å². The highest BCUT2D eigenvalue weighted by Crippen LogP contribution is 2.34. The molecule has 1 radical (unpaired) electrons. The number of rotatable bonds is 1. The van der Waals surface area contributed by atoms with Gasteiger partial charge in [0.15, 0.2) is 0 Å². The third kappa shape index (κ3) is 1.43. The minimum Gasteiger partial charge on any atom is -0.268 e. The summed E-state index contributed by atoms with van der Waals surface area (Å²) < 4.78 is 0. The number of hydrogen-bond donors (Lipinski definition) is 0. The Morgan fingerprint density at radius 1 is 0.682 bits per heavy atom. The van der Waals surface area contributed by atoms with Gasteiger partial charge in [0, 0.05) is 0 Å². The molecule has 0 aromatic heterocycles. The Labute approximate surface area is 124 Å². The van der Waals surface area contributed by atoms with Gasteiger partial charge in [-0.05, 0) is 24.3 Å². The molecule has 0 atom stereocenters. The van der Waals surface area contributed by atoms with Gasteiger partial charge in [-0.3, -0.25) is 19.2 Å². The van der Waals surface area contributed by atoms with E-state index in [0.717, 1.165) is 4.90 Å². The van der Waals surface area contributed by atoms with Crippen LogP contribution in [0.15, 0.2) is 42.5 Å². The Morgan fingerprint density at radius 2 is 1.27 bits per heavy atom. The summed E-state index contributed by atoms with van der Waals surface area (Å²) in [5.41, 5.74) is 0.766. The number of anilines is 1. The first kappa shape index (κ1) is 12.5. The maximum absolute atomic E-state index is 12.5. The smallest absolute Gasteiger partial charge is 0.268 e. The molecular weight excluding hydrogens is 284 g/mol. The molecule has 4 amide bonds. The largest absolute Gasteiger partial charge is 0.283 e. The first-order valence-electron chi connectivity index (χ1n) is 6.51. The molecule has 0 saturated carbocycles. The number of imide groups is 2. The summed E-state index contributed by atoms with van der Waals surface area (Å²) in [7, 11) is 0. The molecule has 0 saturated heterocycles. The molecule has 0 aliphatic carbocycles. The lowest BCUT2D eigenvalue weighted by Gasteiger charge is -2.16. The number of hydrogen-bond acceptors (Lipinski definition) is 4. The van der Waals surface area contributed by atoms with Gasteiger partial charge in [0.25, 0.3) is 23.6 Å². The van der Waals surface area contributed by atoms with Crippen LogP contribution >= 0.6 is 0 Å². The molecule has 6 heteroatoms. The second-order valence-corrected chi connectivity index (χ2v) is 4.91. The predicted octanol–water partition coefficient (Wildman–Crippen LogP) is 1.39. The summed E-state index contributed by atoms with van der Waals surface area (Å²) in [5.74, 6) is -2.41. The van der Waals surface area contributed by atoms with Crippen molar-refractivity contribution in [3.63, 3.8) is 0 Å². The van der Waals surface area contributed by atoms with E-state index in [9.17, 15) is 19.2 Å². The van der Waals surface area contributed by atoms with Crippen molar-refractivity contribution < 1.29 is 19.2 Å². The van der Waals surface area contributed by atoms with Crippen molar-refractivity contribution in [3.8, 4) is 0 Å². The Morgan fingerprint density at radius 3 is 1.91 bits per heavy atom. The van der Waals surface area contributed by atoms with E-state index in [1.807, 2.05) is 0 Å². The number of fused-ring (bicyclic) bond motifs is 2. The molecule has 2 aromatic rings. The minimum atomic E-state index is -0.729. The summed E-state index contributed by atoms with van der Waals surface area (Å²) in [6.07, 6.45) is 0. The van der Waals surface area contributed by atoms with Crippen LogP contribution in [0.25, 0.3) is 0 Å². The Balaban J connectivity index is 1.93. The van der Waals surface area contributed by atoms with Crippen molar-refractivity contribution in [2.45, 2.75) is 0 Å². The zero-order valence-electron chi connectivity index (χ0n) is 11.1. The molecule has 2 heterocycles. The molecule has 0 N–H and O–H groups in total. The highest BCUT2D eigenvalue weighted by Gasteiger charge is 2.41. The quantitative estimate of drug-likeness (QED) is 0.743. The Kier molecular flexibility index (Phi) is 2.33. The average molecular weight is 291 g/mol. The van der Waals surface area contributed by atoms with E-state index in [1.54, 1.807) is 24.3 Å². The van der Waals surface area contributed by atoms with Crippen LogP contribution in [0.2, 0.25) is 0 Å². The average Bonchev–Trinajstić information content (AvgIpc) is 2.95.